The second-order valence-corrected chi connectivity index (χ2v) is 12.5. The fourth-order valence-electron chi connectivity index (χ4n) is 7.28. The molecule has 0 aliphatic carbocycles. The predicted molar refractivity (Wildman–Crippen MR) is 210 cm³/mol. The molecule has 9 rings (SSSR count). The van der Waals surface area contributed by atoms with Crippen molar-refractivity contribution in [2.45, 2.75) is 0 Å². The van der Waals surface area contributed by atoms with E-state index < -0.39 is 0 Å². The van der Waals surface area contributed by atoms with Gasteiger partial charge >= 0.3 is 0 Å². The third-order valence-electron chi connectivity index (χ3n) is 9.64. The van der Waals surface area contributed by atoms with Crippen molar-refractivity contribution < 1.29 is 0 Å². The monoisotopic (exact) mass is 623 g/mol. The van der Waals surface area contributed by atoms with Crippen molar-refractivity contribution in [2.24, 2.45) is 0 Å². The molecule has 230 valence electrons. The molecule has 0 saturated heterocycles. The van der Waals surface area contributed by atoms with Gasteiger partial charge in [0.15, 0.2) is 0 Å². The molecule has 0 aliphatic heterocycles. The highest BCUT2D eigenvalue weighted by Gasteiger charge is 2.20. The van der Waals surface area contributed by atoms with Gasteiger partial charge in [-0.3, -0.25) is 0 Å². The van der Waals surface area contributed by atoms with Crippen molar-refractivity contribution in [1.82, 2.24) is 0 Å². The first kappa shape index (κ1) is 28.8. The number of nitrogens with zero attached hydrogens (tertiary/aromatic N) is 1. The quantitative estimate of drug-likeness (QED) is 0.167. The average molecular weight is 624 g/mol. The molecule has 1 nitrogen and oxygen atoms in total. The Kier molecular flexibility index (Phi) is 7.22. The third kappa shape index (κ3) is 5.23. The highest BCUT2D eigenvalue weighted by Crippen LogP contribution is 2.45. The Bertz CT molecular complexity index is 2580. The van der Waals surface area contributed by atoms with E-state index in [1.54, 1.807) is 0 Å². The van der Waals surface area contributed by atoms with Crippen molar-refractivity contribution in [3.05, 3.63) is 200 Å². The van der Waals surface area contributed by atoms with E-state index in [1.165, 1.54) is 65.7 Å². The molecule has 49 heavy (non-hydrogen) atoms. The highest BCUT2D eigenvalue weighted by molar-refractivity contribution is 6.20. The van der Waals surface area contributed by atoms with Crippen LogP contribution >= 0.6 is 0 Å². The van der Waals surface area contributed by atoms with E-state index in [1.807, 2.05) is 0 Å². The highest BCUT2D eigenvalue weighted by atomic mass is 15.1. The summed E-state index contributed by atoms with van der Waals surface area (Å²) < 4.78 is 0. The molecule has 0 atom stereocenters. The summed E-state index contributed by atoms with van der Waals surface area (Å²) in [6.07, 6.45) is 0. The minimum Gasteiger partial charge on any atom is -0.309 e. The summed E-state index contributed by atoms with van der Waals surface area (Å²) >= 11 is 0. The molecule has 0 heterocycles. The van der Waals surface area contributed by atoms with Gasteiger partial charge in [0.25, 0.3) is 0 Å². The van der Waals surface area contributed by atoms with Crippen LogP contribution in [0.4, 0.5) is 17.1 Å². The van der Waals surface area contributed by atoms with Crippen LogP contribution in [0.25, 0.3) is 65.7 Å². The van der Waals surface area contributed by atoms with Crippen molar-refractivity contribution in [3.63, 3.8) is 0 Å². The van der Waals surface area contributed by atoms with Crippen LogP contribution in [0, 0.1) is 0 Å². The van der Waals surface area contributed by atoms with Gasteiger partial charge in [-0.2, -0.15) is 0 Å². The van der Waals surface area contributed by atoms with Gasteiger partial charge in [-0.1, -0.05) is 170 Å². The van der Waals surface area contributed by atoms with Gasteiger partial charge in [0.1, 0.15) is 0 Å². The molecule has 0 amide bonds. The number of fused-ring (bicyclic) bond motifs is 5. The smallest absolute Gasteiger partial charge is 0.0540 e. The van der Waals surface area contributed by atoms with E-state index in [2.05, 4.69) is 205 Å². The second-order valence-electron chi connectivity index (χ2n) is 12.5. The molecule has 9 aromatic rings. The van der Waals surface area contributed by atoms with Crippen LogP contribution in [-0.4, -0.2) is 0 Å². The molecule has 0 saturated carbocycles. The van der Waals surface area contributed by atoms with E-state index in [0.29, 0.717) is 0 Å². The van der Waals surface area contributed by atoms with E-state index >= 15 is 0 Å². The maximum atomic E-state index is 2.43. The molecule has 0 N–H and O–H groups in total. The van der Waals surface area contributed by atoms with Crippen molar-refractivity contribution >= 4 is 49.4 Å². The maximum Gasteiger partial charge on any atom is 0.0540 e. The van der Waals surface area contributed by atoms with Gasteiger partial charge in [0.05, 0.1) is 11.4 Å². The standard InChI is InChI=1S/C48H33N/c1-3-13-34(14-4-1)35-29-31-41(32-30-35)49(46-21-11-9-18-42(46)36-15-5-2-6-16-36)47-22-12-10-19-43(47)40-28-25-38-24-27-39-26-23-37-17-7-8-20-44(37)48(39)45(38)33-40/h1-33H. The maximum absolute atomic E-state index is 2.43. The largest absolute Gasteiger partial charge is 0.309 e. The van der Waals surface area contributed by atoms with Gasteiger partial charge in [-0.15, -0.1) is 0 Å². The first-order chi connectivity index (χ1) is 24.3. The van der Waals surface area contributed by atoms with E-state index in [0.717, 1.165) is 17.1 Å². The molecule has 9 aromatic carbocycles. The zero-order valence-corrected chi connectivity index (χ0v) is 27.0. The minimum atomic E-state index is 1.10. The van der Waals surface area contributed by atoms with Crippen LogP contribution in [0.5, 0.6) is 0 Å². The van der Waals surface area contributed by atoms with Gasteiger partial charge in [0.2, 0.25) is 0 Å². The average Bonchev–Trinajstić information content (AvgIpc) is 3.19. The number of rotatable bonds is 6. The Balaban J connectivity index is 1.27. The molecular formula is C48H33N. The van der Waals surface area contributed by atoms with Gasteiger partial charge < -0.3 is 4.90 Å². The van der Waals surface area contributed by atoms with Crippen LogP contribution in [0.3, 0.4) is 0 Å². The molecule has 1 heteroatoms. The number of hydrogen-bond donors (Lipinski definition) is 0. The number of para-hydroxylation sites is 2. The normalized spacial score (nSPS) is 11.3. The van der Waals surface area contributed by atoms with Crippen LogP contribution in [0.2, 0.25) is 0 Å². The van der Waals surface area contributed by atoms with Crippen LogP contribution in [-0.2, 0) is 0 Å². The predicted octanol–water partition coefficient (Wildman–Crippen LogP) is 13.6. The first-order valence-corrected chi connectivity index (χ1v) is 16.9. The molecule has 0 spiro atoms. The number of benzene rings is 9. The van der Waals surface area contributed by atoms with Gasteiger partial charge in [-0.25, -0.2) is 0 Å². The third-order valence-corrected chi connectivity index (χ3v) is 9.64. The minimum absolute atomic E-state index is 1.10. The zero-order valence-electron chi connectivity index (χ0n) is 27.0. The summed E-state index contributed by atoms with van der Waals surface area (Å²) in [4.78, 5) is 2.43. The van der Waals surface area contributed by atoms with Gasteiger partial charge in [0, 0.05) is 16.8 Å². The van der Waals surface area contributed by atoms with Crippen LogP contribution in [0.15, 0.2) is 200 Å². The Morgan fingerprint density at radius 2 is 0.755 bits per heavy atom. The lowest BCUT2D eigenvalue weighted by Gasteiger charge is -2.30. The SMILES string of the molecule is c1ccc(-c2ccc(N(c3ccccc3-c3ccccc3)c3ccccc3-c3ccc4ccc5ccc6ccccc6c5c4c3)cc2)cc1. The molecule has 0 fully saturated rings. The van der Waals surface area contributed by atoms with Crippen molar-refractivity contribution in [1.29, 1.82) is 0 Å². The van der Waals surface area contributed by atoms with Crippen molar-refractivity contribution in [2.75, 3.05) is 4.90 Å². The fourth-order valence-corrected chi connectivity index (χ4v) is 7.28. The summed E-state index contributed by atoms with van der Waals surface area (Å²) in [5, 5.41) is 7.62. The van der Waals surface area contributed by atoms with Gasteiger partial charge in [-0.05, 0) is 84.9 Å². The summed E-state index contributed by atoms with van der Waals surface area (Å²) in [7, 11) is 0. The molecule has 0 aliphatic rings. The Morgan fingerprint density at radius 1 is 0.286 bits per heavy atom. The van der Waals surface area contributed by atoms with Crippen molar-refractivity contribution in [3.8, 4) is 33.4 Å². The lowest BCUT2D eigenvalue weighted by atomic mass is 9.93. The Hall–Kier alpha value is -6.44. The molecular weight excluding hydrogens is 591 g/mol. The number of anilines is 3. The van der Waals surface area contributed by atoms with Crippen LogP contribution in [0.1, 0.15) is 0 Å². The summed E-state index contributed by atoms with van der Waals surface area (Å²) in [5.41, 5.74) is 10.5. The second kappa shape index (κ2) is 12.3. The number of hydrogen-bond acceptors (Lipinski definition) is 1. The molecule has 0 unspecified atom stereocenters. The zero-order chi connectivity index (χ0) is 32.6. The lowest BCUT2D eigenvalue weighted by Crippen LogP contribution is -2.12. The van der Waals surface area contributed by atoms with E-state index in [4.69, 9.17) is 0 Å². The lowest BCUT2D eigenvalue weighted by molar-refractivity contribution is 1.28. The van der Waals surface area contributed by atoms with Crippen LogP contribution < -0.4 is 4.90 Å². The molecule has 0 radical (unpaired) electrons. The molecule has 0 bridgehead atoms. The first-order valence-electron chi connectivity index (χ1n) is 16.9. The van der Waals surface area contributed by atoms with E-state index in [-0.39, 0.29) is 0 Å². The molecule has 0 aromatic heterocycles. The summed E-state index contributed by atoms with van der Waals surface area (Å²) in [6.45, 7) is 0. The topological polar surface area (TPSA) is 3.24 Å². The Labute approximate surface area is 287 Å². The fraction of sp³-hybridized carbons (Fsp3) is 0. The summed E-state index contributed by atoms with van der Waals surface area (Å²) in [6, 6.07) is 72.5. The summed E-state index contributed by atoms with van der Waals surface area (Å²) in [5.74, 6) is 0. The Morgan fingerprint density at radius 3 is 1.45 bits per heavy atom. The van der Waals surface area contributed by atoms with E-state index in [9.17, 15) is 0 Å².